The van der Waals surface area contributed by atoms with E-state index in [0.29, 0.717) is 0 Å². The quantitative estimate of drug-likeness (QED) is 0.702. The first-order chi connectivity index (χ1) is 6.70. The zero-order valence-electron chi connectivity index (χ0n) is 9.00. The summed E-state index contributed by atoms with van der Waals surface area (Å²) in [5, 5.41) is 5.55. The molecule has 0 bridgehead atoms. The van der Waals surface area contributed by atoms with E-state index in [4.69, 9.17) is 0 Å². The van der Waals surface area contributed by atoms with Gasteiger partial charge in [0.25, 0.3) is 0 Å². The van der Waals surface area contributed by atoms with E-state index < -0.39 is 0 Å². The van der Waals surface area contributed by atoms with Gasteiger partial charge in [-0.15, -0.1) is 0 Å². The fourth-order valence-corrected chi connectivity index (χ4v) is 2.09. The lowest BCUT2D eigenvalue weighted by Crippen LogP contribution is -1.89. The van der Waals surface area contributed by atoms with Crippen LogP contribution in [0.1, 0.15) is 19.5 Å². The van der Waals surface area contributed by atoms with E-state index in [1.807, 2.05) is 44.6 Å². The molecule has 0 N–H and O–H groups in total. The largest absolute Gasteiger partial charge is 0.267 e. The van der Waals surface area contributed by atoms with E-state index >= 15 is 0 Å². The highest BCUT2D eigenvalue weighted by molar-refractivity contribution is 9.10. The Morgan fingerprint density at radius 1 is 1.29 bits per heavy atom. The molecule has 0 amide bonds. The molecular formula is C11H15BrN2. The summed E-state index contributed by atoms with van der Waals surface area (Å²) in [6.07, 6.45) is 0. The van der Waals surface area contributed by atoms with Gasteiger partial charge in [-0.1, -0.05) is 26.0 Å². The molecule has 0 fully saturated rings. The molecule has 0 spiro atoms. The molecule has 0 atom stereocenters. The van der Waals surface area contributed by atoms with E-state index in [9.17, 15) is 0 Å². The molecule has 2 nitrogen and oxygen atoms in total. The van der Waals surface area contributed by atoms with Gasteiger partial charge in [-0.05, 0) is 28.9 Å². The van der Waals surface area contributed by atoms with Crippen LogP contribution in [-0.4, -0.2) is 9.78 Å². The Morgan fingerprint density at radius 3 is 2.50 bits per heavy atom. The Labute approximate surface area is 93.1 Å². The Bertz CT molecular complexity index is 432. The Hall–Kier alpha value is -0.830. The minimum Gasteiger partial charge on any atom is -0.267 e. The van der Waals surface area contributed by atoms with Crippen molar-refractivity contribution in [3.63, 3.8) is 0 Å². The fraction of sp³-hybridized carbons (Fsp3) is 0.364. The molecule has 2 aromatic rings. The van der Waals surface area contributed by atoms with Crippen LogP contribution in [0.4, 0.5) is 0 Å². The van der Waals surface area contributed by atoms with Crippen molar-refractivity contribution in [2.24, 2.45) is 7.05 Å². The average molecular weight is 255 g/mol. The number of hydrogen-bond acceptors (Lipinski definition) is 1. The van der Waals surface area contributed by atoms with Crippen LogP contribution in [0.25, 0.3) is 10.9 Å². The van der Waals surface area contributed by atoms with Crippen molar-refractivity contribution < 1.29 is 0 Å². The number of fused-ring (bicyclic) bond motifs is 1. The lowest BCUT2D eigenvalue weighted by Gasteiger charge is -1.95. The minimum atomic E-state index is 1.08. The van der Waals surface area contributed by atoms with Crippen molar-refractivity contribution in [2.75, 3.05) is 0 Å². The lowest BCUT2D eigenvalue weighted by molar-refractivity contribution is 0.782. The van der Waals surface area contributed by atoms with Crippen LogP contribution in [0, 0.1) is 6.92 Å². The second-order valence-corrected chi connectivity index (χ2v) is 3.70. The first-order valence-corrected chi connectivity index (χ1v) is 5.57. The zero-order valence-corrected chi connectivity index (χ0v) is 10.6. The molecule has 0 radical (unpaired) electrons. The van der Waals surface area contributed by atoms with Gasteiger partial charge in [0, 0.05) is 16.9 Å². The van der Waals surface area contributed by atoms with Crippen molar-refractivity contribution >= 4 is 26.8 Å². The maximum Gasteiger partial charge on any atom is 0.0823 e. The summed E-state index contributed by atoms with van der Waals surface area (Å²) in [5.74, 6) is 0. The third kappa shape index (κ3) is 1.82. The topological polar surface area (TPSA) is 17.8 Å². The summed E-state index contributed by atoms with van der Waals surface area (Å²) < 4.78 is 3.00. The van der Waals surface area contributed by atoms with Crippen LogP contribution in [0.5, 0.6) is 0 Å². The van der Waals surface area contributed by atoms with Crippen LogP contribution < -0.4 is 0 Å². The molecule has 2 rings (SSSR count). The number of aryl methyl sites for hydroxylation is 2. The summed E-state index contributed by atoms with van der Waals surface area (Å²) in [4.78, 5) is 0. The minimum absolute atomic E-state index is 1.08. The standard InChI is InChI=1S/C9H9BrN2.C2H6/c1-6-7-4-3-5-8(10)9(7)12(2)11-6;1-2/h3-5H,1-2H3;1-2H3. The van der Waals surface area contributed by atoms with Crippen molar-refractivity contribution in [3.8, 4) is 0 Å². The van der Waals surface area contributed by atoms with Gasteiger partial charge >= 0.3 is 0 Å². The molecule has 1 aromatic heterocycles. The third-order valence-electron chi connectivity index (χ3n) is 2.00. The van der Waals surface area contributed by atoms with Crippen molar-refractivity contribution in [1.82, 2.24) is 9.78 Å². The number of hydrogen-bond donors (Lipinski definition) is 0. The third-order valence-corrected chi connectivity index (χ3v) is 2.64. The van der Waals surface area contributed by atoms with Crippen LogP contribution >= 0.6 is 15.9 Å². The molecule has 1 aromatic carbocycles. The average Bonchev–Trinajstić information content (AvgIpc) is 2.47. The summed E-state index contributed by atoms with van der Waals surface area (Å²) in [6.45, 7) is 6.02. The Morgan fingerprint density at radius 2 is 1.93 bits per heavy atom. The molecule has 76 valence electrons. The number of rotatable bonds is 0. The first kappa shape index (κ1) is 11.2. The predicted molar refractivity (Wildman–Crippen MR) is 64.5 cm³/mol. The van der Waals surface area contributed by atoms with Gasteiger partial charge < -0.3 is 0 Å². The normalized spacial score (nSPS) is 9.79. The molecule has 0 aliphatic carbocycles. The zero-order chi connectivity index (χ0) is 10.7. The van der Waals surface area contributed by atoms with Crippen LogP contribution in [0.3, 0.4) is 0 Å². The SMILES string of the molecule is CC.Cc1nn(C)c2c(Br)cccc12. The summed E-state index contributed by atoms with van der Waals surface area (Å²) in [6, 6.07) is 6.15. The van der Waals surface area contributed by atoms with Crippen LogP contribution in [-0.2, 0) is 7.05 Å². The Balaban J connectivity index is 0.000000461. The Kier molecular flexibility index (Phi) is 3.69. The highest BCUT2D eigenvalue weighted by atomic mass is 79.9. The summed E-state index contributed by atoms with van der Waals surface area (Å²) in [7, 11) is 1.96. The van der Waals surface area contributed by atoms with Gasteiger partial charge in [0.1, 0.15) is 0 Å². The molecule has 1 heterocycles. The first-order valence-electron chi connectivity index (χ1n) is 4.78. The maximum atomic E-state index is 4.34. The highest BCUT2D eigenvalue weighted by Crippen LogP contribution is 2.24. The van der Waals surface area contributed by atoms with E-state index in [1.165, 1.54) is 5.39 Å². The van der Waals surface area contributed by atoms with Crippen molar-refractivity contribution in [2.45, 2.75) is 20.8 Å². The number of halogens is 1. The second kappa shape index (κ2) is 4.60. The van der Waals surface area contributed by atoms with E-state index in [-0.39, 0.29) is 0 Å². The van der Waals surface area contributed by atoms with Gasteiger partial charge in [-0.25, -0.2) is 0 Å². The molecule has 3 heteroatoms. The van der Waals surface area contributed by atoms with E-state index in [1.54, 1.807) is 0 Å². The maximum absolute atomic E-state index is 4.34. The number of aromatic nitrogens is 2. The van der Waals surface area contributed by atoms with Crippen molar-refractivity contribution in [3.05, 3.63) is 28.4 Å². The predicted octanol–water partition coefficient (Wildman–Crippen LogP) is 3.67. The van der Waals surface area contributed by atoms with Gasteiger partial charge in [0.05, 0.1) is 11.2 Å². The number of benzene rings is 1. The molecule has 0 unspecified atom stereocenters. The highest BCUT2D eigenvalue weighted by Gasteiger charge is 2.05. The molecule has 0 saturated heterocycles. The lowest BCUT2D eigenvalue weighted by atomic mass is 10.2. The molecule has 14 heavy (non-hydrogen) atoms. The van der Waals surface area contributed by atoms with Gasteiger partial charge in [-0.3, -0.25) is 4.68 Å². The molecular weight excluding hydrogens is 240 g/mol. The summed E-state index contributed by atoms with van der Waals surface area (Å²) in [5.41, 5.74) is 2.24. The summed E-state index contributed by atoms with van der Waals surface area (Å²) >= 11 is 3.50. The van der Waals surface area contributed by atoms with Gasteiger partial charge in [0.2, 0.25) is 0 Å². The van der Waals surface area contributed by atoms with E-state index in [0.717, 1.165) is 15.7 Å². The van der Waals surface area contributed by atoms with Crippen LogP contribution in [0.2, 0.25) is 0 Å². The molecule has 0 saturated carbocycles. The number of nitrogens with zero attached hydrogens (tertiary/aromatic N) is 2. The second-order valence-electron chi connectivity index (χ2n) is 2.85. The smallest absolute Gasteiger partial charge is 0.0823 e. The van der Waals surface area contributed by atoms with Gasteiger partial charge in [-0.2, -0.15) is 5.10 Å². The fourth-order valence-electron chi connectivity index (χ4n) is 1.47. The van der Waals surface area contributed by atoms with E-state index in [2.05, 4.69) is 27.1 Å². The number of para-hydroxylation sites is 1. The van der Waals surface area contributed by atoms with Gasteiger partial charge in [0.15, 0.2) is 0 Å². The van der Waals surface area contributed by atoms with Crippen molar-refractivity contribution in [1.29, 1.82) is 0 Å². The van der Waals surface area contributed by atoms with Crippen LogP contribution in [0.15, 0.2) is 22.7 Å². The molecule has 0 aliphatic heterocycles. The molecule has 0 aliphatic rings. The monoisotopic (exact) mass is 254 g/mol.